The van der Waals surface area contributed by atoms with Gasteiger partial charge in [0.15, 0.2) is 0 Å². The van der Waals surface area contributed by atoms with Gasteiger partial charge in [-0.25, -0.2) is 4.98 Å². The standard InChI is InChI=1S/C56H34N4S/c1-2-14-35(15-3-1)59-51-31-28-37(33-52(51)60-50-24-12-11-23-49(50)57-55(59)60)58(38-27-30-44-43-19-7-13-25-53(43)61-54(44)34-38)36-26-29-42-41-18-6-10-22-47(41)56(48(42)32-36)45-20-8-4-16-39(45)40-17-5-9-21-46(40)56/h1-34H. The molecule has 0 amide bonds. The second-order valence-electron chi connectivity index (χ2n) is 16.3. The third-order valence-electron chi connectivity index (χ3n) is 13.3. The van der Waals surface area contributed by atoms with Crippen LogP contribution >= 0.6 is 11.3 Å². The van der Waals surface area contributed by atoms with Crippen LogP contribution in [0.5, 0.6) is 0 Å². The fourth-order valence-electron chi connectivity index (χ4n) is 10.9. The summed E-state index contributed by atoms with van der Waals surface area (Å²) in [6, 6.07) is 76.1. The van der Waals surface area contributed by atoms with Crippen LogP contribution in [-0.2, 0) is 5.41 Å². The highest BCUT2D eigenvalue weighted by Crippen LogP contribution is 2.63. The van der Waals surface area contributed by atoms with Crippen molar-refractivity contribution in [2.75, 3.05) is 4.90 Å². The smallest absolute Gasteiger partial charge is 0.220 e. The van der Waals surface area contributed by atoms with Crippen LogP contribution < -0.4 is 4.90 Å². The van der Waals surface area contributed by atoms with Crippen molar-refractivity contribution in [3.05, 3.63) is 229 Å². The molecule has 0 atom stereocenters. The summed E-state index contributed by atoms with van der Waals surface area (Å²) in [5.74, 6) is 0.897. The molecular formula is C56H34N4S. The van der Waals surface area contributed by atoms with Crippen molar-refractivity contribution >= 4 is 76.4 Å². The first-order valence-electron chi connectivity index (χ1n) is 20.9. The summed E-state index contributed by atoms with van der Waals surface area (Å²) in [5, 5.41) is 2.59. The number of thiophene rings is 1. The van der Waals surface area contributed by atoms with Gasteiger partial charge in [-0.2, -0.15) is 0 Å². The lowest BCUT2D eigenvalue weighted by molar-refractivity contribution is 0.793. The zero-order valence-corrected chi connectivity index (χ0v) is 33.6. The van der Waals surface area contributed by atoms with Crippen LogP contribution in [0.4, 0.5) is 17.1 Å². The number of imidazole rings is 2. The topological polar surface area (TPSA) is 25.5 Å². The minimum absolute atomic E-state index is 0.449. The molecule has 9 aromatic carbocycles. The van der Waals surface area contributed by atoms with E-state index in [1.165, 1.54) is 64.7 Å². The number of benzene rings is 9. The van der Waals surface area contributed by atoms with Crippen LogP contribution in [0.25, 0.3) is 76.0 Å². The van der Waals surface area contributed by atoms with Gasteiger partial charge < -0.3 is 4.90 Å². The highest BCUT2D eigenvalue weighted by atomic mass is 32.1. The Hall–Kier alpha value is -7.73. The van der Waals surface area contributed by atoms with Gasteiger partial charge in [-0.3, -0.25) is 8.97 Å². The number of fused-ring (bicyclic) bond motifs is 18. The molecule has 0 saturated heterocycles. The molecule has 0 unspecified atom stereocenters. The predicted molar refractivity (Wildman–Crippen MR) is 253 cm³/mol. The lowest BCUT2D eigenvalue weighted by Crippen LogP contribution is -2.26. The number of hydrogen-bond donors (Lipinski definition) is 0. The van der Waals surface area contributed by atoms with Crippen LogP contribution in [0.1, 0.15) is 22.3 Å². The Morgan fingerprint density at radius 3 is 1.75 bits per heavy atom. The van der Waals surface area contributed by atoms with E-state index in [-0.39, 0.29) is 0 Å². The summed E-state index contributed by atoms with van der Waals surface area (Å²) in [6.45, 7) is 0. The maximum absolute atomic E-state index is 5.22. The van der Waals surface area contributed by atoms with E-state index in [2.05, 4.69) is 220 Å². The largest absolute Gasteiger partial charge is 0.310 e. The molecule has 3 aromatic heterocycles. The average molecular weight is 795 g/mol. The Balaban J connectivity index is 1.06. The predicted octanol–water partition coefficient (Wildman–Crippen LogP) is 14.6. The van der Waals surface area contributed by atoms with Crippen LogP contribution in [0, 0.1) is 0 Å². The van der Waals surface area contributed by atoms with Gasteiger partial charge in [-0.15, -0.1) is 11.3 Å². The lowest BCUT2D eigenvalue weighted by Gasteiger charge is -2.32. The second-order valence-corrected chi connectivity index (χ2v) is 17.4. The number of rotatable bonds is 4. The van der Waals surface area contributed by atoms with E-state index in [1.807, 2.05) is 11.3 Å². The molecule has 0 fully saturated rings. The molecule has 0 saturated carbocycles. The molecule has 284 valence electrons. The SMILES string of the molecule is c1ccc(-n2c3ccc(N(c4ccc5c(c4)C4(c6ccccc6-c6ccccc64)c4ccccc4-5)c4ccc5c(c4)sc4ccccc45)cc3n3c4ccccc4nc23)cc1. The number of aromatic nitrogens is 3. The first kappa shape index (κ1) is 33.1. The maximum Gasteiger partial charge on any atom is 0.220 e. The highest BCUT2D eigenvalue weighted by molar-refractivity contribution is 7.25. The van der Waals surface area contributed by atoms with Crippen molar-refractivity contribution in [1.82, 2.24) is 14.0 Å². The van der Waals surface area contributed by atoms with E-state index in [9.17, 15) is 0 Å². The van der Waals surface area contributed by atoms with E-state index in [0.29, 0.717) is 0 Å². The number of para-hydroxylation sites is 3. The Kier molecular flexibility index (Phi) is 6.61. The summed E-state index contributed by atoms with van der Waals surface area (Å²) < 4.78 is 7.19. The van der Waals surface area contributed by atoms with Gasteiger partial charge in [0.05, 0.1) is 27.5 Å². The van der Waals surface area contributed by atoms with Gasteiger partial charge in [0.2, 0.25) is 5.78 Å². The van der Waals surface area contributed by atoms with Gasteiger partial charge >= 0.3 is 0 Å². The summed E-state index contributed by atoms with van der Waals surface area (Å²) >= 11 is 1.86. The second kappa shape index (κ2) is 12.2. The zero-order chi connectivity index (χ0) is 39.8. The van der Waals surface area contributed by atoms with Gasteiger partial charge in [0, 0.05) is 42.9 Å². The first-order chi connectivity index (χ1) is 30.3. The minimum Gasteiger partial charge on any atom is -0.310 e. The van der Waals surface area contributed by atoms with Crippen molar-refractivity contribution in [2.45, 2.75) is 5.41 Å². The molecule has 0 bridgehead atoms. The van der Waals surface area contributed by atoms with Crippen molar-refractivity contribution in [1.29, 1.82) is 0 Å². The number of hydrogen-bond acceptors (Lipinski definition) is 3. The first-order valence-corrected chi connectivity index (χ1v) is 21.7. The van der Waals surface area contributed by atoms with Crippen LogP contribution in [0.3, 0.4) is 0 Å². The van der Waals surface area contributed by atoms with E-state index >= 15 is 0 Å². The molecular weight excluding hydrogens is 761 g/mol. The summed E-state index contributed by atoms with van der Waals surface area (Å²) in [7, 11) is 0. The molecule has 5 heteroatoms. The van der Waals surface area contributed by atoms with Gasteiger partial charge in [-0.05, 0) is 117 Å². The fourth-order valence-corrected chi connectivity index (χ4v) is 12.0. The maximum atomic E-state index is 5.22. The Labute approximate surface area is 355 Å². The van der Waals surface area contributed by atoms with Crippen LogP contribution in [-0.4, -0.2) is 14.0 Å². The molecule has 2 aliphatic rings. The van der Waals surface area contributed by atoms with Crippen molar-refractivity contribution in [3.63, 3.8) is 0 Å². The summed E-state index contributed by atoms with van der Waals surface area (Å²) in [6.07, 6.45) is 0. The fraction of sp³-hybridized carbons (Fsp3) is 0.0179. The molecule has 0 radical (unpaired) electrons. The normalized spacial score (nSPS) is 13.4. The molecule has 1 spiro atoms. The Morgan fingerprint density at radius 2 is 0.984 bits per heavy atom. The van der Waals surface area contributed by atoms with E-state index in [1.54, 1.807) is 0 Å². The highest BCUT2D eigenvalue weighted by Gasteiger charge is 2.51. The molecule has 3 heterocycles. The zero-order valence-electron chi connectivity index (χ0n) is 32.8. The van der Waals surface area contributed by atoms with Crippen LogP contribution in [0.15, 0.2) is 206 Å². The number of nitrogens with zero attached hydrogens (tertiary/aromatic N) is 4. The Bertz CT molecular complexity index is 3730. The third-order valence-corrected chi connectivity index (χ3v) is 14.4. The average Bonchev–Trinajstić information content (AvgIpc) is 4.10. The lowest BCUT2D eigenvalue weighted by atomic mass is 9.70. The molecule has 61 heavy (non-hydrogen) atoms. The molecule has 0 aliphatic heterocycles. The molecule has 14 rings (SSSR count). The summed E-state index contributed by atoms with van der Waals surface area (Å²) in [4.78, 5) is 7.69. The van der Waals surface area contributed by atoms with E-state index < -0.39 is 5.41 Å². The van der Waals surface area contributed by atoms with Gasteiger partial charge in [-0.1, -0.05) is 133 Å². The van der Waals surface area contributed by atoms with E-state index in [4.69, 9.17) is 4.98 Å². The molecule has 12 aromatic rings. The number of anilines is 3. The van der Waals surface area contributed by atoms with Crippen LogP contribution in [0.2, 0.25) is 0 Å². The van der Waals surface area contributed by atoms with Gasteiger partial charge in [0.25, 0.3) is 0 Å². The molecule has 0 N–H and O–H groups in total. The van der Waals surface area contributed by atoms with E-state index in [0.717, 1.165) is 50.6 Å². The third kappa shape index (κ3) is 4.35. The quantitative estimate of drug-likeness (QED) is 0.177. The Morgan fingerprint density at radius 1 is 0.410 bits per heavy atom. The van der Waals surface area contributed by atoms with Gasteiger partial charge in [0.1, 0.15) is 0 Å². The molecule has 2 aliphatic carbocycles. The summed E-state index contributed by atoms with van der Waals surface area (Å²) in [5.41, 5.74) is 18.7. The van der Waals surface area contributed by atoms with Crippen molar-refractivity contribution in [2.24, 2.45) is 0 Å². The minimum atomic E-state index is -0.449. The molecule has 4 nitrogen and oxygen atoms in total. The van der Waals surface area contributed by atoms with Crippen molar-refractivity contribution < 1.29 is 0 Å². The van der Waals surface area contributed by atoms with Crippen molar-refractivity contribution in [3.8, 4) is 27.9 Å². The monoisotopic (exact) mass is 794 g/mol.